The van der Waals surface area contributed by atoms with Gasteiger partial charge in [0.15, 0.2) is 10.7 Å². The second-order valence-corrected chi connectivity index (χ2v) is 11.9. The van der Waals surface area contributed by atoms with Crippen molar-refractivity contribution in [2.24, 2.45) is 23.2 Å². The molecule has 4 aliphatic rings. The van der Waals surface area contributed by atoms with E-state index in [1.165, 1.54) is 38.5 Å². The molecular weight excluding hydrogens is 454 g/mol. The van der Waals surface area contributed by atoms with Crippen molar-refractivity contribution in [2.75, 3.05) is 5.32 Å². The first-order chi connectivity index (χ1) is 16.8. The van der Waals surface area contributed by atoms with Gasteiger partial charge in [-0.1, -0.05) is 12.1 Å². The van der Waals surface area contributed by atoms with Crippen molar-refractivity contribution in [3.8, 4) is 11.5 Å². The molecule has 0 atom stereocenters. The van der Waals surface area contributed by atoms with E-state index < -0.39 is 0 Å². The highest BCUT2D eigenvalue weighted by Crippen LogP contribution is 2.61. The summed E-state index contributed by atoms with van der Waals surface area (Å²) in [5.41, 5.74) is 6.85. The summed E-state index contributed by atoms with van der Waals surface area (Å²) < 4.78 is 6.14. The second kappa shape index (κ2) is 8.44. The number of fused-ring (bicyclic) bond motifs is 1. The van der Waals surface area contributed by atoms with E-state index in [1.807, 2.05) is 38.1 Å². The topological polar surface area (TPSA) is 67.2 Å². The highest BCUT2D eigenvalue weighted by molar-refractivity contribution is 7.80. The summed E-state index contributed by atoms with van der Waals surface area (Å²) in [6.07, 6.45) is 8.41. The third-order valence-corrected chi connectivity index (χ3v) is 8.79. The third-order valence-electron chi connectivity index (χ3n) is 8.59. The summed E-state index contributed by atoms with van der Waals surface area (Å²) in [6, 6.07) is 10.1. The van der Waals surface area contributed by atoms with Gasteiger partial charge in [-0.05, 0) is 130 Å². The average molecular weight is 488 g/mol. The van der Waals surface area contributed by atoms with E-state index in [-0.39, 0.29) is 11.3 Å². The molecule has 5 nitrogen and oxygen atoms in total. The normalized spacial score (nSPS) is 26.8. The maximum Gasteiger partial charge on any atom is 0.227 e. The smallest absolute Gasteiger partial charge is 0.227 e. The quantitative estimate of drug-likeness (QED) is 0.394. The van der Waals surface area contributed by atoms with Gasteiger partial charge in [-0.3, -0.25) is 4.79 Å². The fourth-order valence-corrected chi connectivity index (χ4v) is 7.89. The molecule has 0 spiro atoms. The highest BCUT2D eigenvalue weighted by Gasteiger charge is 2.51. The van der Waals surface area contributed by atoms with Crippen molar-refractivity contribution in [1.29, 1.82) is 0 Å². The lowest BCUT2D eigenvalue weighted by Gasteiger charge is -2.56. The first kappa shape index (κ1) is 22.7. The lowest BCUT2D eigenvalue weighted by molar-refractivity contribution is -0.127. The number of anilines is 1. The third kappa shape index (κ3) is 4.26. The SMILES string of the molecule is Cc1cc(C)c2oc(-c3cccc(NC(=S)NC(=O)CC45CC6CC(CC(C6)C4)C5)c3C)nc2c1. The predicted octanol–water partition coefficient (Wildman–Crippen LogP) is 6.84. The van der Waals surface area contributed by atoms with E-state index in [2.05, 4.69) is 23.6 Å². The van der Waals surface area contributed by atoms with Gasteiger partial charge in [0.1, 0.15) is 5.52 Å². The van der Waals surface area contributed by atoms with Gasteiger partial charge in [-0.2, -0.15) is 0 Å². The Labute approximate surface area is 212 Å². The molecule has 7 rings (SSSR count). The zero-order valence-electron chi connectivity index (χ0n) is 20.7. The summed E-state index contributed by atoms with van der Waals surface area (Å²) in [6.45, 7) is 6.12. The zero-order valence-corrected chi connectivity index (χ0v) is 21.6. The van der Waals surface area contributed by atoms with Crippen LogP contribution in [0, 0.1) is 43.9 Å². The van der Waals surface area contributed by atoms with Gasteiger partial charge in [0.2, 0.25) is 11.8 Å². The van der Waals surface area contributed by atoms with Crippen LogP contribution in [0.15, 0.2) is 34.7 Å². The van der Waals surface area contributed by atoms with Crippen LogP contribution in [0.25, 0.3) is 22.6 Å². The number of aryl methyl sites for hydroxylation is 2. The van der Waals surface area contributed by atoms with Crippen LogP contribution >= 0.6 is 12.2 Å². The zero-order chi connectivity index (χ0) is 24.3. The van der Waals surface area contributed by atoms with Crippen molar-refractivity contribution in [3.05, 3.63) is 47.0 Å². The molecule has 1 amide bonds. The fraction of sp³-hybridized carbons (Fsp3) is 0.483. The number of hydrogen-bond acceptors (Lipinski definition) is 4. The molecule has 4 fully saturated rings. The van der Waals surface area contributed by atoms with Crippen LogP contribution < -0.4 is 10.6 Å². The lowest BCUT2D eigenvalue weighted by atomic mass is 9.49. The van der Waals surface area contributed by atoms with E-state index in [0.717, 1.165) is 56.8 Å². The molecule has 35 heavy (non-hydrogen) atoms. The highest BCUT2D eigenvalue weighted by atomic mass is 32.1. The number of aromatic nitrogens is 1. The molecule has 2 N–H and O–H groups in total. The minimum Gasteiger partial charge on any atom is -0.436 e. The van der Waals surface area contributed by atoms with Gasteiger partial charge >= 0.3 is 0 Å². The van der Waals surface area contributed by atoms with Crippen LogP contribution in [-0.4, -0.2) is 16.0 Å². The number of nitrogens with one attached hydrogen (secondary N) is 2. The summed E-state index contributed by atoms with van der Waals surface area (Å²) in [7, 11) is 0. The van der Waals surface area contributed by atoms with Crippen molar-refractivity contribution in [3.63, 3.8) is 0 Å². The minimum absolute atomic E-state index is 0.0445. The van der Waals surface area contributed by atoms with Crippen LogP contribution in [-0.2, 0) is 4.79 Å². The van der Waals surface area contributed by atoms with Crippen molar-refractivity contribution >= 4 is 40.0 Å². The molecule has 182 valence electrons. The Kier molecular flexibility index (Phi) is 5.48. The Morgan fingerprint density at radius 1 is 1.09 bits per heavy atom. The van der Waals surface area contributed by atoms with Crippen LogP contribution in [0.5, 0.6) is 0 Å². The maximum atomic E-state index is 13.0. The number of hydrogen-bond donors (Lipinski definition) is 2. The number of carbonyl (C=O) groups is 1. The number of thiocarbonyl (C=S) groups is 1. The lowest BCUT2D eigenvalue weighted by Crippen LogP contribution is -2.48. The molecule has 1 aromatic heterocycles. The fourth-order valence-electron chi connectivity index (χ4n) is 7.67. The van der Waals surface area contributed by atoms with Crippen LogP contribution in [0.2, 0.25) is 0 Å². The number of carbonyl (C=O) groups excluding carboxylic acids is 1. The summed E-state index contributed by atoms with van der Waals surface area (Å²) in [5, 5.41) is 6.56. The van der Waals surface area contributed by atoms with Crippen LogP contribution in [0.3, 0.4) is 0 Å². The first-order valence-electron chi connectivity index (χ1n) is 12.9. The van der Waals surface area contributed by atoms with Gasteiger partial charge in [0.25, 0.3) is 0 Å². The molecule has 1 heterocycles. The minimum atomic E-state index is 0.0445. The van der Waals surface area contributed by atoms with Crippen molar-refractivity contribution in [1.82, 2.24) is 10.3 Å². The summed E-state index contributed by atoms with van der Waals surface area (Å²) in [4.78, 5) is 17.7. The van der Waals surface area contributed by atoms with Crippen LogP contribution in [0.4, 0.5) is 5.69 Å². The standard InChI is InChI=1S/C29H33N3O2S/c1-16-7-17(2)26-24(8-16)30-27(34-26)22-5-4-6-23(18(22)3)31-28(35)32-25(33)15-29-12-19-9-20(13-29)11-21(10-19)14-29/h4-8,19-21H,9-15H2,1-3H3,(H2,31,32,33,35). The van der Waals surface area contributed by atoms with Gasteiger partial charge in [0.05, 0.1) is 0 Å². The van der Waals surface area contributed by atoms with Gasteiger partial charge in [-0.25, -0.2) is 4.98 Å². The van der Waals surface area contributed by atoms with Gasteiger partial charge < -0.3 is 15.1 Å². The molecule has 3 aromatic rings. The molecule has 0 saturated heterocycles. The molecule has 0 radical (unpaired) electrons. The van der Waals surface area contributed by atoms with E-state index >= 15 is 0 Å². The van der Waals surface area contributed by atoms with Crippen molar-refractivity contribution in [2.45, 2.75) is 65.7 Å². The molecule has 4 bridgehead atoms. The largest absolute Gasteiger partial charge is 0.436 e. The molecule has 6 heteroatoms. The average Bonchev–Trinajstić information content (AvgIpc) is 3.17. The second-order valence-electron chi connectivity index (χ2n) is 11.5. The molecule has 4 aliphatic carbocycles. The maximum absolute atomic E-state index is 13.0. The Morgan fingerprint density at radius 3 is 2.46 bits per heavy atom. The molecule has 2 aromatic carbocycles. The predicted molar refractivity (Wildman–Crippen MR) is 143 cm³/mol. The Balaban J connectivity index is 1.15. The molecular formula is C29H33N3O2S. The van der Waals surface area contributed by atoms with E-state index in [9.17, 15) is 4.79 Å². The number of rotatable bonds is 4. The monoisotopic (exact) mass is 487 g/mol. The van der Waals surface area contributed by atoms with E-state index in [1.54, 1.807) is 0 Å². The number of benzene rings is 2. The molecule has 0 unspecified atom stereocenters. The Hall–Kier alpha value is -2.73. The molecule has 0 aliphatic heterocycles. The van der Waals surface area contributed by atoms with E-state index in [4.69, 9.17) is 21.6 Å². The van der Waals surface area contributed by atoms with Gasteiger partial charge in [-0.15, -0.1) is 0 Å². The number of nitrogens with zero attached hydrogens (tertiary/aromatic N) is 1. The number of amides is 1. The van der Waals surface area contributed by atoms with Gasteiger partial charge in [0, 0.05) is 17.7 Å². The Morgan fingerprint density at radius 2 is 1.77 bits per heavy atom. The van der Waals surface area contributed by atoms with E-state index in [0.29, 0.717) is 17.4 Å². The number of oxazole rings is 1. The Bertz CT molecular complexity index is 1310. The summed E-state index contributed by atoms with van der Waals surface area (Å²) in [5.74, 6) is 3.15. The van der Waals surface area contributed by atoms with Crippen molar-refractivity contribution < 1.29 is 9.21 Å². The molecule has 4 saturated carbocycles. The van der Waals surface area contributed by atoms with Crippen LogP contribution in [0.1, 0.15) is 61.6 Å². The first-order valence-corrected chi connectivity index (χ1v) is 13.3. The summed E-state index contributed by atoms with van der Waals surface area (Å²) >= 11 is 5.54.